The first-order valence-corrected chi connectivity index (χ1v) is 12.9. The highest BCUT2D eigenvalue weighted by molar-refractivity contribution is 7.89. The zero-order valence-electron chi connectivity index (χ0n) is 19.5. The molecule has 0 radical (unpaired) electrons. The molecule has 1 aromatic heterocycles. The van der Waals surface area contributed by atoms with Gasteiger partial charge in [-0.25, -0.2) is 17.8 Å². The second kappa shape index (κ2) is 9.83. The molecule has 2 amide bonds. The number of aryl methyl sites for hydroxylation is 2. The molecule has 0 unspecified atom stereocenters. The van der Waals surface area contributed by atoms with Crippen LogP contribution in [0.2, 0.25) is 0 Å². The number of piperazine rings is 1. The smallest absolute Gasteiger partial charge is 0.262 e. The Balaban J connectivity index is 1.26. The van der Waals surface area contributed by atoms with E-state index in [1.807, 2.05) is 0 Å². The van der Waals surface area contributed by atoms with Crippen LogP contribution in [0.4, 0.5) is 4.39 Å². The molecular weight excluding hydrogens is 461 g/mol. The van der Waals surface area contributed by atoms with Crippen LogP contribution in [0.1, 0.15) is 24.2 Å². The van der Waals surface area contributed by atoms with E-state index in [1.54, 1.807) is 40.5 Å². The normalized spacial score (nSPS) is 18.3. The molecule has 2 fully saturated rings. The fraction of sp³-hybridized carbons (Fsp3) is 0.522. The van der Waals surface area contributed by atoms with E-state index >= 15 is 0 Å². The van der Waals surface area contributed by atoms with Crippen LogP contribution in [0.5, 0.6) is 0 Å². The lowest BCUT2D eigenvalue weighted by atomic mass is 9.96. The molecule has 2 aliphatic rings. The van der Waals surface area contributed by atoms with Gasteiger partial charge in [0, 0.05) is 58.4 Å². The summed E-state index contributed by atoms with van der Waals surface area (Å²) in [4.78, 5) is 33.2. The van der Waals surface area contributed by atoms with Crippen LogP contribution in [-0.4, -0.2) is 83.2 Å². The van der Waals surface area contributed by atoms with Gasteiger partial charge in [-0.2, -0.15) is 4.31 Å². The Hall–Kier alpha value is -2.79. The highest BCUT2D eigenvalue weighted by atomic mass is 32.2. The average Bonchev–Trinajstić information content (AvgIpc) is 3.19. The second-order valence-corrected chi connectivity index (χ2v) is 10.8. The molecule has 11 heteroatoms. The predicted molar refractivity (Wildman–Crippen MR) is 123 cm³/mol. The maximum absolute atomic E-state index is 13.1. The number of imidazole rings is 1. The number of piperidine rings is 1. The summed E-state index contributed by atoms with van der Waals surface area (Å²) in [5.74, 6) is 0.0502. The van der Waals surface area contributed by atoms with E-state index in [2.05, 4.69) is 4.98 Å². The van der Waals surface area contributed by atoms with Crippen LogP contribution >= 0.6 is 0 Å². The van der Waals surface area contributed by atoms with Crippen molar-refractivity contribution in [1.29, 1.82) is 0 Å². The van der Waals surface area contributed by atoms with Crippen molar-refractivity contribution in [2.75, 3.05) is 39.3 Å². The number of benzene rings is 1. The van der Waals surface area contributed by atoms with Gasteiger partial charge >= 0.3 is 0 Å². The van der Waals surface area contributed by atoms with Crippen LogP contribution in [0.15, 0.2) is 35.5 Å². The summed E-state index contributed by atoms with van der Waals surface area (Å²) in [5.41, 5.74) is 0.757. The van der Waals surface area contributed by atoms with Crippen LogP contribution in [-0.2, 0) is 33.1 Å². The second-order valence-electron chi connectivity index (χ2n) is 8.92. The third-order valence-electron chi connectivity index (χ3n) is 6.71. The van der Waals surface area contributed by atoms with Crippen molar-refractivity contribution in [2.24, 2.45) is 13.0 Å². The number of hydrogen-bond acceptors (Lipinski definition) is 5. The van der Waals surface area contributed by atoms with Crippen molar-refractivity contribution in [2.45, 2.75) is 31.2 Å². The molecule has 0 spiro atoms. The van der Waals surface area contributed by atoms with Gasteiger partial charge in [0.25, 0.3) is 10.0 Å². The lowest BCUT2D eigenvalue weighted by Gasteiger charge is -2.38. The van der Waals surface area contributed by atoms with Crippen molar-refractivity contribution in [3.05, 3.63) is 47.7 Å². The van der Waals surface area contributed by atoms with Crippen molar-refractivity contribution in [1.82, 2.24) is 23.7 Å². The molecule has 2 aliphatic heterocycles. The van der Waals surface area contributed by atoms with Gasteiger partial charge in [0.05, 0.1) is 6.42 Å². The number of carbonyl (C=O) groups is 2. The first-order valence-electron chi connectivity index (χ1n) is 11.5. The lowest BCUT2D eigenvalue weighted by Crippen LogP contribution is -2.53. The number of carbonyl (C=O) groups excluding carboxylic acids is 2. The van der Waals surface area contributed by atoms with Crippen LogP contribution in [0, 0.1) is 18.7 Å². The number of rotatable bonds is 5. The van der Waals surface area contributed by atoms with E-state index in [0.29, 0.717) is 44.8 Å². The minimum Gasteiger partial charge on any atom is -0.339 e. The quantitative estimate of drug-likeness (QED) is 0.626. The molecule has 0 atom stereocenters. The summed E-state index contributed by atoms with van der Waals surface area (Å²) in [5, 5.41) is 0.0405. The van der Waals surface area contributed by atoms with Gasteiger partial charge in [0.1, 0.15) is 11.6 Å². The molecule has 0 N–H and O–H groups in total. The summed E-state index contributed by atoms with van der Waals surface area (Å²) >= 11 is 0. The van der Waals surface area contributed by atoms with Crippen molar-refractivity contribution >= 4 is 21.8 Å². The largest absolute Gasteiger partial charge is 0.339 e. The summed E-state index contributed by atoms with van der Waals surface area (Å²) in [6.45, 7) is 4.14. The Morgan fingerprint density at radius 2 is 1.59 bits per heavy atom. The molecule has 3 heterocycles. The molecule has 0 saturated carbocycles. The van der Waals surface area contributed by atoms with E-state index in [4.69, 9.17) is 0 Å². The summed E-state index contributed by atoms with van der Waals surface area (Å²) in [6, 6.07) is 5.89. The minimum atomic E-state index is -3.67. The van der Waals surface area contributed by atoms with E-state index in [9.17, 15) is 22.4 Å². The molecule has 1 aromatic carbocycles. The van der Waals surface area contributed by atoms with Gasteiger partial charge in [-0.3, -0.25) is 9.59 Å². The minimum absolute atomic E-state index is 0.0244. The monoisotopic (exact) mass is 491 g/mol. The average molecular weight is 492 g/mol. The van der Waals surface area contributed by atoms with Gasteiger partial charge in [-0.05, 0) is 37.5 Å². The highest BCUT2D eigenvalue weighted by Gasteiger charge is 2.36. The number of halogens is 1. The van der Waals surface area contributed by atoms with Gasteiger partial charge in [-0.1, -0.05) is 12.1 Å². The molecule has 34 heavy (non-hydrogen) atoms. The van der Waals surface area contributed by atoms with E-state index < -0.39 is 10.0 Å². The molecule has 4 rings (SSSR count). The number of sulfonamides is 1. The standard InChI is InChI=1S/C23H30FN5O4S/c1-17-25-21(16-26(17)2)34(32,33)29-9-7-19(8-10-29)23(31)28-13-11-27(12-14-28)22(30)15-18-3-5-20(24)6-4-18/h3-6,16,19H,7-15H2,1-2H3. The molecular formula is C23H30FN5O4S. The number of aromatic nitrogens is 2. The molecule has 184 valence electrons. The number of nitrogens with zero attached hydrogens (tertiary/aromatic N) is 5. The topological polar surface area (TPSA) is 95.8 Å². The first kappa shape index (κ1) is 24.3. The summed E-state index contributed by atoms with van der Waals surface area (Å²) in [6.07, 6.45) is 2.65. The molecule has 2 aromatic rings. The van der Waals surface area contributed by atoms with Crippen LogP contribution in [0.25, 0.3) is 0 Å². The number of amides is 2. The molecule has 9 nitrogen and oxygen atoms in total. The van der Waals surface area contributed by atoms with Crippen molar-refractivity contribution < 1.29 is 22.4 Å². The van der Waals surface area contributed by atoms with Crippen molar-refractivity contribution in [3.63, 3.8) is 0 Å². The third kappa shape index (κ3) is 5.15. The fourth-order valence-corrected chi connectivity index (χ4v) is 5.94. The van der Waals surface area contributed by atoms with E-state index in [0.717, 1.165) is 5.56 Å². The zero-order chi connectivity index (χ0) is 24.5. The Labute approximate surface area is 199 Å². The molecule has 2 saturated heterocycles. The molecule has 0 aliphatic carbocycles. The van der Waals surface area contributed by atoms with E-state index in [-0.39, 0.29) is 48.1 Å². The maximum Gasteiger partial charge on any atom is 0.262 e. The Kier molecular flexibility index (Phi) is 7.04. The SMILES string of the molecule is Cc1nc(S(=O)(=O)N2CCC(C(=O)N3CCN(C(=O)Cc4ccc(F)cc4)CC3)CC2)cn1C. The Morgan fingerprint density at radius 3 is 2.15 bits per heavy atom. The summed E-state index contributed by atoms with van der Waals surface area (Å²) in [7, 11) is -1.92. The van der Waals surface area contributed by atoms with Crippen LogP contribution in [0.3, 0.4) is 0 Å². The first-order chi connectivity index (χ1) is 16.1. The molecule has 0 bridgehead atoms. The van der Waals surface area contributed by atoms with Crippen LogP contribution < -0.4 is 0 Å². The predicted octanol–water partition coefficient (Wildman–Crippen LogP) is 1.18. The highest BCUT2D eigenvalue weighted by Crippen LogP contribution is 2.25. The third-order valence-corrected chi connectivity index (χ3v) is 8.48. The van der Waals surface area contributed by atoms with Gasteiger partial charge in [0.2, 0.25) is 11.8 Å². The Bertz CT molecular complexity index is 1130. The van der Waals surface area contributed by atoms with Gasteiger partial charge < -0.3 is 14.4 Å². The van der Waals surface area contributed by atoms with Crippen molar-refractivity contribution in [3.8, 4) is 0 Å². The maximum atomic E-state index is 13.1. The van der Waals surface area contributed by atoms with Gasteiger partial charge in [0.15, 0.2) is 5.03 Å². The lowest BCUT2D eigenvalue weighted by molar-refractivity contribution is -0.142. The number of hydrogen-bond donors (Lipinski definition) is 0. The van der Waals surface area contributed by atoms with E-state index in [1.165, 1.54) is 22.6 Å². The Morgan fingerprint density at radius 1 is 1.00 bits per heavy atom. The fourth-order valence-electron chi connectivity index (χ4n) is 4.45. The summed E-state index contributed by atoms with van der Waals surface area (Å²) < 4.78 is 41.9. The van der Waals surface area contributed by atoms with Gasteiger partial charge in [-0.15, -0.1) is 0 Å². The zero-order valence-corrected chi connectivity index (χ0v) is 20.3.